The molecule has 0 bridgehead atoms. The molecule has 4 aromatic carbocycles. The van der Waals surface area contributed by atoms with E-state index in [-0.39, 0.29) is 85.2 Å². The number of nitrogens with two attached hydrogens (primary N) is 4. The summed E-state index contributed by atoms with van der Waals surface area (Å²) in [5, 5.41) is 37.7. The van der Waals surface area contributed by atoms with Gasteiger partial charge >= 0.3 is 35.8 Å². The summed E-state index contributed by atoms with van der Waals surface area (Å²) in [6, 6.07) is 17.3. The zero-order chi connectivity index (χ0) is 54.6. The van der Waals surface area contributed by atoms with E-state index in [1.165, 1.54) is 97.1 Å². The standard InChI is InChI=1S/C44H50N10O18S2/c45-43(46)51-29-9-1-27(2-10-29)41(63)71-31-13-5-25(6-14-31)37(73(65,66)53-33(39(59)60)23-35(55)56)49-17-19-69-21-22-70-20-18-50-38(74(67,68)54-34(40(61)62)24-36(57)58)26-7-15-32(16-8-26)72-42(64)28-3-11-30(12-4-28)52-44(47)48/h1-16,33-34,37,49,53-54H,17-24H2,(H,55,56)(H,57,58)(H,59,60)(H,61,62)(H4,45,46,51)(H4,47,48,52)/t33-,34-,37?/m0/s1. The number of sulfonamides is 2. The number of aliphatic carboxylic acids is 4. The van der Waals surface area contributed by atoms with Gasteiger partial charge in [0.25, 0.3) is 10.0 Å². The Hall–Kier alpha value is -8.39. The Bertz CT molecular complexity index is 2950. The number of carboxylic acid groups (broad SMARTS) is 4. The van der Waals surface area contributed by atoms with Gasteiger partial charge in [-0.3, -0.25) is 29.5 Å². The average Bonchev–Trinajstić information content (AvgIpc) is 3.31. The molecule has 15 N–H and O–H groups in total. The summed E-state index contributed by atoms with van der Waals surface area (Å²) in [7, 11) is -9.55. The normalized spacial score (nSPS) is 12.8. The van der Waals surface area contributed by atoms with E-state index >= 15 is 0 Å². The van der Waals surface area contributed by atoms with Crippen LogP contribution in [0.25, 0.3) is 0 Å². The number of guanidine groups is 2. The van der Waals surface area contributed by atoms with E-state index in [0.717, 1.165) is 0 Å². The summed E-state index contributed by atoms with van der Waals surface area (Å²) in [5.74, 6) is -8.73. The van der Waals surface area contributed by atoms with Crippen molar-refractivity contribution in [1.29, 1.82) is 0 Å². The lowest BCUT2D eigenvalue weighted by Crippen LogP contribution is -2.47. The molecule has 0 heterocycles. The van der Waals surface area contributed by atoms with Gasteiger partial charge in [0.15, 0.2) is 22.3 Å². The van der Waals surface area contributed by atoms with Gasteiger partial charge in [-0.2, -0.15) is 9.44 Å². The molecule has 74 heavy (non-hydrogen) atoms. The summed E-state index contributed by atoms with van der Waals surface area (Å²) < 4.78 is 79.6. The first-order valence-corrected chi connectivity index (χ1v) is 24.4. The summed E-state index contributed by atoms with van der Waals surface area (Å²) in [6.07, 6.45) is -2.20. The fourth-order valence-corrected chi connectivity index (χ4v) is 9.05. The molecule has 30 heteroatoms. The Balaban J connectivity index is 1.39. The number of esters is 2. The number of ether oxygens (including phenoxy) is 4. The van der Waals surface area contributed by atoms with Gasteiger partial charge in [-0.1, -0.05) is 12.1 Å². The third kappa shape index (κ3) is 19.0. The predicted octanol–water partition coefficient (Wildman–Crippen LogP) is -0.302. The fourth-order valence-electron chi connectivity index (χ4n) is 6.10. The minimum Gasteiger partial charge on any atom is -0.481 e. The second kappa shape index (κ2) is 27.4. The number of carboxylic acids is 4. The maximum Gasteiger partial charge on any atom is 0.343 e. The molecular weight excluding hydrogens is 1020 g/mol. The Kier molecular flexibility index (Phi) is 21.6. The molecular formula is C44H50N10O18S2. The first kappa shape index (κ1) is 58.2. The molecule has 0 saturated carbocycles. The van der Waals surface area contributed by atoms with E-state index in [2.05, 4.69) is 20.3 Å². The molecule has 0 aliphatic rings. The van der Waals surface area contributed by atoms with Gasteiger partial charge in [0.2, 0.25) is 10.0 Å². The zero-order valence-corrected chi connectivity index (χ0v) is 40.2. The van der Waals surface area contributed by atoms with Gasteiger partial charge in [-0.05, 0) is 90.5 Å². The monoisotopic (exact) mass is 1070 g/mol. The van der Waals surface area contributed by atoms with Crippen molar-refractivity contribution in [3.05, 3.63) is 119 Å². The van der Waals surface area contributed by atoms with Crippen LogP contribution in [0.3, 0.4) is 0 Å². The minimum absolute atomic E-state index is 0.00299. The molecule has 0 fully saturated rings. The van der Waals surface area contributed by atoms with Gasteiger partial charge in [0, 0.05) is 12.1 Å². The number of aliphatic imine (C=N–C) groups is 3. The van der Waals surface area contributed by atoms with E-state index in [9.17, 15) is 60.9 Å². The molecule has 28 nitrogen and oxygen atoms in total. The van der Waals surface area contributed by atoms with Crippen LogP contribution in [0.5, 0.6) is 11.5 Å². The lowest BCUT2D eigenvalue weighted by Gasteiger charge is -2.22. The summed E-state index contributed by atoms with van der Waals surface area (Å²) in [5.41, 5.74) is 22.3. The Morgan fingerprint density at radius 1 is 0.541 bits per heavy atom. The molecule has 396 valence electrons. The third-order valence-corrected chi connectivity index (χ3v) is 12.5. The highest BCUT2D eigenvalue weighted by Crippen LogP contribution is 2.24. The molecule has 0 aliphatic heterocycles. The largest absolute Gasteiger partial charge is 0.481 e. The average molecular weight is 1070 g/mol. The number of nitrogens with one attached hydrogen (secondary N) is 3. The summed E-state index contributed by atoms with van der Waals surface area (Å²) in [4.78, 5) is 83.4. The first-order chi connectivity index (χ1) is 34.9. The Morgan fingerprint density at radius 2 is 0.959 bits per heavy atom. The number of hydrogen-bond acceptors (Lipinski definition) is 18. The van der Waals surface area contributed by atoms with Crippen LogP contribution in [0.4, 0.5) is 11.4 Å². The van der Waals surface area contributed by atoms with Crippen LogP contribution in [0.1, 0.15) is 50.1 Å². The fraction of sp³-hybridized carbons (Fsp3) is 0.250. The molecule has 4 aromatic rings. The van der Waals surface area contributed by atoms with Crippen LogP contribution in [0.15, 0.2) is 112 Å². The highest BCUT2D eigenvalue weighted by atomic mass is 32.2. The second-order valence-electron chi connectivity index (χ2n) is 15.0. The number of hydrogen-bond donors (Lipinski definition) is 11. The number of carbonyl (C=O) groups excluding carboxylic acids is 2. The van der Waals surface area contributed by atoms with Gasteiger partial charge in [0.05, 0.1) is 68.3 Å². The van der Waals surface area contributed by atoms with Crippen molar-refractivity contribution in [3.8, 4) is 11.5 Å². The topological polar surface area (TPSA) is 466 Å². The van der Waals surface area contributed by atoms with E-state index in [1.54, 1.807) is 0 Å². The van der Waals surface area contributed by atoms with E-state index in [4.69, 9.17) is 47.0 Å². The number of benzene rings is 4. The molecule has 4 rings (SSSR count). The molecule has 0 spiro atoms. The van der Waals surface area contributed by atoms with E-state index in [1.807, 2.05) is 9.44 Å². The molecule has 1 unspecified atom stereocenters. The van der Waals surface area contributed by atoms with Crippen molar-refractivity contribution in [2.75, 3.05) is 39.5 Å². The lowest BCUT2D eigenvalue weighted by atomic mass is 10.2. The minimum atomic E-state index is -4.84. The highest BCUT2D eigenvalue weighted by Gasteiger charge is 2.34. The SMILES string of the molecule is NC(N)=Nc1ccc(C(=O)Oc2ccc(C(=NCCOCCOCCNC(c3ccc(OC(=O)c4ccc(N=C(N)N)cc4)cc3)S(=O)(=O)N[C@@H](CC(=O)O)C(=O)O)S(=O)(=O)N[C@@H](CC(=O)O)C(=O)O)cc2)cc1. The van der Waals surface area contributed by atoms with Gasteiger partial charge in [0.1, 0.15) is 23.6 Å². The van der Waals surface area contributed by atoms with Crippen LogP contribution in [0.2, 0.25) is 0 Å². The second-order valence-corrected chi connectivity index (χ2v) is 18.5. The van der Waals surface area contributed by atoms with Gasteiger partial charge < -0.3 is 62.3 Å². The van der Waals surface area contributed by atoms with Gasteiger partial charge in [-0.25, -0.2) is 36.4 Å². The maximum atomic E-state index is 13.6. The van der Waals surface area contributed by atoms with Crippen LogP contribution >= 0.6 is 0 Å². The number of nitrogens with zero attached hydrogens (tertiary/aromatic N) is 3. The van der Waals surface area contributed by atoms with Crippen molar-refractivity contribution < 1.29 is 85.0 Å². The Labute approximate surface area is 421 Å². The molecule has 0 aromatic heterocycles. The van der Waals surface area contributed by atoms with Crippen LogP contribution in [-0.4, -0.2) is 142 Å². The lowest BCUT2D eigenvalue weighted by molar-refractivity contribution is -0.145. The highest BCUT2D eigenvalue weighted by molar-refractivity contribution is 8.05. The summed E-state index contributed by atoms with van der Waals surface area (Å²) >= 11 is 0. The first-order valence-electron chi connectivity index (χ1n) is 21.3. The quantitative estimate of drug-likeness (QED) is 0.0109. The molecule has 0 radical (unpaired) electrons. The van der Waals surface area contributed by atoms with E-state index < -0.39 is 91.2 Å². The van der Waals surface area contributed by atoms with Crippen LogP contribution in [0, 0.1) is 0 Å². The molecule has 0 saturated heterocycles. The smallest absolute Gasteiger partial charge is 0.343 e. The Morgan fingerprint density at radius 3 is 1.39 bits per heavy atom. The third-order valence-electron chi connectivity index (χ3n) is 9.39. The molecule has 0 aliphatic carbocycles. The van der Waals surface area contributed by atoms with Gasteiger partial charge in [-0.15, -0.1) is 0 Å². The van der Waals surface area contributed by atoms with Crippen molar-refractivity contribution >= 4 is 84.2 Å². The maximum absolute atomic E-state index is 13.6. The van der Waals surface area contributed by atoms with Crippen molar-refractivity contribution in [1.82, 2.24) is 14.8 Å². The van der Waals surface area contributed by atoms with Crippen molar-refractivity contribution in [2.24, 2.45) is 37.9 Å². The van der Waals surface area contributed by atoms with Crippen LogP contribution in [-0.2, 0) is 48.7 Å². The zero-order valence-electron chi connectivity index (χ0n) is 38.6. The molecule has 0 amide bonds. The van der Waals surface area contributed by atoms with Crippen LogP contribution < -0.4 is 47.2 Å². The molecule has 3 atom stereocenters. The number of rotatable bonds is 29. The number of carbonyl (C=O) groups is 6. The summed E-state index contributed by atoms with van der Waals surface area (Å²) in [6.45, 7) is -1.18. The van der Waals surface area contributed by atoms with Crippen molar-refractivity contribution in [3.63, 3.8) is 0 Å². The van der Waals surface area contributed by atoms with Crippen molar-refractivity contribution in [2.45, 2.75) is 30.3 Å². The van der Waals surface area contributed by atoms with E-state index in [0.29, 0.717) is 11.4 Å². The predicted molar refractivity (Wildman–Crippen MR) is 262 cm³/mol.